The van der Waals surface area contributed by atoms with Gasteiger partial charge >= 0.3 is 17.8 Å². The summed E-state index contributed by atoms with van der Waals surface area (Å²) in [5, 5.41) is 14.1. The van der Waals surface area contributed by atoms with Gasteiger partial charge in [0.05, 0.1) is 6.42 Å². The van der Waals surface area contributed by atoms with E-state index in [1.54, 1.807) is 12.1 Å². The number of Topliss-reactive ketones (excluding diaryl/α,β-unsaturated/α-hetero) is 1. The van der Waals surface area contributed by atoms with Crippen LogP contribution in [0.15, 0.2) is 30.3 Å². The lowest BCUT2D eigenvalue weighted by Crippen LogP contribution is -2.50. The van der Waals surface area contributed by atoms with Gasteiger partial charge in [-0.05, 0) is 29.9 Å². The van der Waals surface area contributed by atoms with E-state index in [1.807, 2.05) is 32.9 Å². The Morgan fingerprint density at radius 1 is 1.00 bits per heavy atom. The van der Waals surface area contributed by atoms with Crippen LogP contribution in [0, 0.1) is 29.2 Å². The third kappa shape index (κ3) is 8.30. The molecule has 0 bridgehead atoms. The first kappa shape index (κ1) is 33.0. The summed E-state index contributed by atoms with van der Waals surface area (Å²) < 4.78 is 59.1. The largest absolute Gasteiger partial charge is 0.481 e. The molecule has 10 nitrogen and oxygen atoms in total. The predicted molar refractivity (Wildman–Crippen MR) is 144 cm³/mol. The van der Waals surface area contributed by atoms with Gasteiger partial charge in [-0.3, -0.25) is 24.0 Å². The highest BCUT2D eigenvalue weighted by molar-refractivity contribution is 6.39. The number of para-hydroxylation sites is 1. The van der Waals surface area contributed by atoms with Gasteiger partial charge in [-0.1, -0.05) is 39.0 Å². The number of ketones is 1. The molecule has 1 aliphatic rings. The highest BCUT2D eigenvalue weighted by Gasteiger charge is 2.33. The zero-order chi connectivity index (χ0) is 32.1. The summed E-state index contributed by atoms with van der Waals surface area (Å²) in [4.78, 5) is 63.5. The number of carbonyl (C=O) groups is 5. The molecule has 1 fully saturated rings. The van der Waals surface area contributed by atoms with E-state index in [2.05, 4.69) is 15.4 Å². The summed E-state index contributed by atoms with van der Waals surface area (Å²) in [7, 11) is 0. The summed E-state index contributed by atoms with van der Waals surface area (Å²) in [5.74, 6) is -14.6. The Bertz CT molecular complexity index is 1390. The molecule has 0 spiro atoms. The molecule has 2 aromatic rings. The van der Waals surface area contributed by atoms with Gasteiger partial charge in [0.15, 0.2) is 23.2 Å². The molecule has 3 rings (SSSR count). The zero-order valence-electron chi connectivity index (χ0n) is 23.6. The molecule has 0 aliphatic carbocycles. The van der Waals surface area contributed by atoms with E-state index >= 15 is 0 Å². The second-order valence-corrected chi connectivity index (χ2v) is 11.0. The van der Waals surface area contributed by atoms with Crippen molar-refractivity contribution >= 4 is 35.2 Å². The van der Waals surface area contributed by atoms with E-state index in [0.29, 0.717) is 5.69 Å². The van der Waals surface area contributed by atoms with Gasteiger partial charge in [-0.2, -0.15) is 8.78 Å². The highest BCUT2D eigenvalue weighted by Crippen LogP contribution is 2.30. The molecule has 232 valence electrons. The normalized spacial score (nSPS) is 14.5. The molecular formula is C29H31F4N3O7. The number of amides is 3. The molecule has 43 heavy (non-hydrogen) atoms. The Morgan fingerprint density at radius 3 is 2.14 bits per heavy atom. The van der Waals surface area contributed by atoms with E-state index < -0.39 is 83.5 Å². The summed E-state index contributed by atoms with van der Waals surface area (Å²) in [6.45, 7) is 4.73. The number of piperidine rings is 1. The molecular weight excluding hydrogens is 578 g/mol. The number of nitrogens with zero attached hydrogens (tertiary/aromatic N) is 1. The molecule has 0 aromatic heterocycles. The lowest BCUT2D eigenvalue weighted by atomic mass is 9.86. The fourth-order valence-corrected chi connectivity index (χ4v) is 4.54. The number of aliphatic carboxylic acids is 1. The first-order valence-electron chi connectivity index (χ1n) is 13.3. The van der Waals surface area contributed by atoms with Crippen LogP contribution < -0.4 is 15.4 Å². The maximum Gasteiger partial charge on any atom is 0.313 e. The Hall–Kier alpha value is -4.49. The lowest BCUT2D eigenvalue weighted by molar-refractivity contribution is -0.145. The topological polar surface area (TPSA) is 142 Å². The van der Waals surface area contributed by atoms with Gasteiger partial charge in [0.1, 0.15) is 12.6 Å². The minimum atomic E-state index is -1.89. The number of carboxylic acid groups (broad SMARTS) is 1. The van der Waals surface area contributed by atoms with Crippen molar-refractivity contribution in [2.24, 2.45) is 5.92 Å². The van der Waals surface area contributed by atoms with Crippen molar-refractivity contribution < 1.29 is 51.4 Å². The highest BCUT2D eigenvalue weighted by atomic mass is 19.2. The molecule has 3 amide bonds. The number of carbonyl (C=O) groups excluding carboxylic acids is 4. The molecule has 0 radical (unpaired) electrons. The summed E-state index contributed by atoms with van der Waals surface area (Å²) in [5.41, 5.74) is 1.03. The van der Waals surface area contributed by atoms with E-state index in [9.17, 15) is 46.6 Å². The van der Waals surface area contributed by atoms with Crippen LogP contribution in [0.1, 0.15) is 45.6 Å². The standard InChI is InChI=1S/C29H31F4N3O7/c1-29(2,3)16-6-4-5-7-19(16)34-27(41)28(42)36-10-8-15(9-11-36)26(40)35-20(13-22(38)39)21(37)14-43-25-23(32)17(30)12-18(31)24(25)33/h4-7,12,15,20H,8-11,13-14H2,1-3H3,(H,34,41)(H,35,40)(H,38,39)/t20-/m0/s1. The van der Waals surface area contributed by atoms with Crippen molar-refractivity contribution in [3.63, 3.8) is 0 Å². The summed E-state index contributed by atoms with van der Waals surface area (Å²) in [6.07, 6.45) is -0.732. The number of carboxylic acids is 1. The number of hydrogen-bond acceptors (Lipinski definition) is 6. The molecule has 3 N–H and O–H groups in total. The van der Waals surface area contributed by atoms with Crippen molar-refractivity contribution in [3.05, 3.63) is 59.2 Å². The second kappa shape index (κ2) is 13.7. The van der Waals surface area contributed by atoms with Crippen LogP contribution in [0.4, 0.5) is 23.2 Å². The quantitative estimate of drug-likeness (QED) is 0.225. The van der Waals surface area contributed by atoms with E-state index in [1.165, 1.54) is 4.90 Å². The zero-order valence-corrected chi connectivity index (χ0v) is 23.6. The Labute approximate surface area is 244 Å². The average molecular weight is 610 g/mol. The van der Waals surface area contributed by atoms with Crippen molar-refractivity contribution in [2.75, 3.05) is 25.0 Å². The molecule has 1 atom stereocenters. The van der Waals surface area contributed by atoms with Crippen molar-refractivity contribution in [1.82, 2.24) is 10.2 Å². The number of nitrogens with one attached hydrogen (secondary N) is 2. The number of hydrogen-bond donors (Lipinski definition) is 3. The molecule has 1 aliphatic heterocycles. The Kier molecular flexibility index (Phi) is 10.5. The number of benzene rings is 2. The van der Waals surface area contributed by atoms with Gasteiger partial charge in [-0.25, -0.2) is 8.78 Å². The van der Waals surface area contributed by atoms with Gasteiger partial charge in [-0.15, -0.1) is 0 Å². The molecule has 0 unspecified atom stereocenters. The number of ether oxygens (including phenoxy) is 1. The first-order chi connectivity index (χ1) is 20.1. The Morgan fingerprint density at radius 2 is 1.58 bits per heavy atom. The molecule has 1 saturated heterocycles. The predicted octanol–water partition coefficient (Wildman–Crippen LogP) is 3.33. The molecule has 1 heterocycles. The molecule has 2 aromatic carbocycles. The third-order valence-corrected chi connectivity index (χ3v) is 6.84. The molecule has 0 saturated carbocycles. The fraction of sp³-hybridized carbons (Fsp3) is 0.414. The maximum absolute atomic E-state index is 13.8. The van der Waals surface area contributed by atoms with Gasteiger partial charge < -0.3 is 25.4 Å². The first-order valence-corrected chi connectivity index (χ1v) is 13.3. The molecule has 14 heteroatoms. The van der Waals surface area contributed by atoms with E-state index in [-0.39, 0.29) is 37.4 Å². The summed E-state index contributed by atoms with van der Waals surface area (Å²) >= 11 is 0. The van der Waals surface area contributed by atoms with Crippen LogP contribution in [0.3, 0.4) is 0 Å². The van der Waals surface area contributed by atoms with Crippen LogP contribution in [0.25, 0.3) is 0 Å². The third-order valence-electron chi connectivity index (χ3n) is 6.84. The van der Waals surface area contributed by atoms with E-state index in [4.69, 9.17) is 0 Å². The van der Waals surface area contributed by atoms with Crippen LogP contribution in [-0.2, 0) is 29.4 Å². The van der Waals surface area contributed by atoms with Crippen molar-refractivity contribution in [2.45, 2.75) is 51.5 Å². The maximum atomic E-state index is 13.8. The van der Waals surface area contributed by atoms with Gasteiger partial charge in [0.2, 0.25) is 17.5 Å². The lowest BCUT2D eigenvalue weighted by Gasteiger charge is -2.31. The van der Waals surface area contributed by atoms with Gasteiger partial charge in [0.25, 0.3) is 0 Å². The minimum absolute atomic E-state index is 0.0234. The Balaban J connectivity index is 1.58. The SMILES string of the molecule is CC(C)(C)c1ccccc1NC(=O)C(=O)N1CCC(C(=O)N[C@@H](CC(=O)O)C(=O)COc2c(F)c(F)cc(F)c2F)CC1. The second-order valence-electron chi connectivity index (χ2n) is 11.0. The fourth-order valence-electron chi connectivity index (χ4n) is 4.54. The van der Waals surface area contributed by atoms with Crippen molar-refractivity contribution in [3.8, 4) is 5.75 Å². The number of anilines is 1. The van der Waals surface area contributed by atoms with Crippen LogP contribution in [-0.4, -0.2) is 65.2 Å². The van der Waals surface area contributed by atoms with Gasteiger partial charge in [0, 0.05) is 30.8 Å². The monoisotopic (exact) mass is 609 g/mol. The number of rotatable bonds is 9. The van der Waals surface area contributed by atoms with Crippen LogP contribution in [0.5, 0.6) is 5.75 Å². The summed E-state index contributed by atoms with van der Waals surface area (Å²) in [6, 6.07) is 5.33. The number of likely N-dealkylation sites (tertiary alicyclic amines) is 1. The average Bonchev–Trinajstić information content (AvgIpc) is 2.94. The van der Waals surface area contributed by atoms with E-state index in [0.717, 1.165) is 5.56 Å². The van der Waals surface area contributed by atoms with Crippen LogP contribution in [0.2, 0.25) is 0 Å². The van der Waals surface area contributed by atoms with Crippen LogP contribution >= 0.6 is 0 Å². The van der Waals surface area contributed by atoms with Crippen molar-refractivity contribution in [1.29, 1.82) is 0 Å². The smallest absolute Gasteiger partial charge is 0.313 e. The minimum Gasteiger partial charge on any atom is -0.481 e. The number of halogens is 4.